The Morgan fingerprint density at radius 1 is 1.37 bits per heavy atom. The smallest absolute Gasteiger partial charge is 0.335 e. The number of benzene rings is 1. The average Bonchev–Trinajstić information content (AvgIpc) is 2.38. The van der Waals surface area contributed by atoms with Crippen LogP contribution in [0.2, 0.25) is 0 Å². The van der Waals surface area contributed by atoms with E-state index in [-0.39, 0.29) is 5.56 Å². The van der Waals surface area contributed by atoms with Crippen LogP contribution in [-0.2, 0) is 0 Å². The standard InChI is InChI=1S/C14H17N3O2/c1-17(2)8-7-16-13-12-9-11(14(18)19)4-3-10(12)5-6-15-13/h3-6,9H,7-8H2,1-2H3,(H,15,16)(H,18,19). The van der Waals surface area contributed by atoms with E-state index in [9.17, 15) is 4.79 Å². The lowest BCUT2D eigenvalue weighted by molar-refractivity contribution is 0.0697. The number of pyridine rings is 1. The molecule has 19 heavy (non-hydrogen) atoms. The van der Waals surface area contributed by atoms with Crippen LogP contribution in [0.25, 0.3) is 10.8 Å². The minimum Gasteiger partial charge on any atom is -0.478 e. The molecular weight excluding hydrogens is 242 g/mol. The lowest BCUT2D eigenvalue weighted by Crippen LogP contribution is -2.21. The molecule has 0 bridgehead atoms. The summed E-state index contributed by atoms with van der Waals surface area (Å²) in [6, 6.07) is 6.94. The number of hydrogen-bond donors (Lipinski definition) is 2. The molecule has 0 aliphatic carbocycles. The van der Waals surface area contributed by atoms with E-state index in [1.807, 2.05) is 20.2 Å². The van der Waals surface area contributed by atoms with Gasteiger partial charge in [0, 0.05) is 24.7 Å². The summed E-state index contributed by atoms with van der Waals surface area (Å²) in [5, 5.41) is 14.1. The van der Waals surface area contributed by atoms with Crippen LogP contribution in [0.1, 0.15) is 10.4 Å². The van der Waals surface area contributed by atoms with Gasteiger partial charge in [-0.25, -0.2) is 9.78 Å². The number of carbonyl (C=O) groups is 1. The molecule has 0 atom stereocenters. The number of aromatic nitrogens is 1. The summed E-state index contributed by atoms with van der Waals surface area (Å²) >= 11 is 0. The first-order chi connectivity index (χ1) is 9.08. The Balaban J connectivity index is 2.31. The largest absolute Gasteiger partial charge is 0.478 e. The van der Waals surface area contributed by atoms with Gasteiger partial charge in [-0.3, -0.25) is 0 Å². The van der Waals surface area contributed by atoms with E-state index in [2.05, 4.69) is 15.2 Å². The van der Waals surface area contributed by atoms with E-state index in [4.69, 9.17) is 5.11 Å². The van der Waals surface area contributed by atoms with E-state index in [0.29, 0.717) is 0 Å². The second-order valence-corrected chi connectivity index (χ2v) is 4.63. The number of hydrogen-bond acceptors (Lipinski definition) is 4. The molecule has 2 aromatic rings. The first-order valence-corrected chi connectivity index (χ1v) is 6.08. The van der Waals surface area contributed by atoms with Crippen molar-refractivity contribution in [1.29, 1.82) is 0 Å². The number of carboxylic acid groups (broad SMARTS) is 1. The highest BCUT2D eigenvalue weighted by Crippen LogP contribution is 2.22. The third-order valence-corrected chi connectivity index (χ3v) is 2.86. The molecule has 0 amide bonds. The van der Waals surface area contributed by atoms with Crippen molar-refractivity contribution in [3.05, 3.63) is 36.0 Å². The van der Waals surface area contributed by atoms with Crippen molar-refractivity contribution in [2.45, 2.75) is 0 Å². The van der Waals surface area contributed by atoms with Crippen molar-refractivity contribution in [3.8, 4) is 0 Å². The molecule has 5 heteroatoms. The Labute approximate surface area is 111 Å². The van der Waals surface area contributed by atoms with Gasteiger partial charge < -0.3 is 15.3 Å². The van der Waals surface area contributed by atoms with Gasteiger partial charge in [-0.1, -0.05) is 6.07 Å². The molecule has 1 aromatic carbocycles. The van der Waals surface area contributed by atoms with Crippen LogP contribution in [0.3, 0.4) is 0 Å². The Morgan fingerprint density at radius 3 is 2.84 bits per heavy atom. The number of nitrogens with zero attached hydrogens (tertiary/aromatic N) is 2. The highest BCUT2D eigenvalue weighted by atomic mass is 16.4. The maximum atomic E-state index is 11.0. The van der Waals surface area contributed by atoms with E-state index in [1.54, 1.807) is 24.4 Å². The van der Waals surface area contributed by atoms with E-state index in [1.165, 1.54) is 0 Å². The summed E-state index contributed by atoms with van der Waals surface area (Å²) in [4.78, 5) is 17.4. The number of aromatic carboxylic acids is 1. The van der Waals surface area contributed by atoms with Gasteiger partial charge in [0.25, 0.3) is 0 Å². The molecule has 0 aliphatic rings. The van der Waals surface area contributed by atoms with Crippen LogP contribution in [-0.4, -0.2) is 48.1 Å². The van der Waals surface area contributed by atoms with Gasteiger partial charge in [0.2, 0.25) is 0 Å². The van der Waals surface area contributed by atoms with Gasteiger partial charge in [0.1, 0.15) is 5.82 Å². The molecule has 0 saturated carbocycles. The molecular formula is C14H17N3O2. The van der Waals surface area contributed by atoms with E-state index in [0.717, 1.165) is 29.7 Å². The van der Waals surface area contributed by atoms with Crippen molar-refractivity contribution >= 4 is 22.6 Å². The lowest BCUT2D eigenvalue weighted by atomic mass is 10.1. The third-order valence-electron chi connectivity index (χ3n) is 2.86. The van der Waals surface area contributed by atoms with Crippen LogP contribution >= 0.6 is 0 Å². The summed E-state index contributed by atoms with van der Waals surface area (Å²) in [6.07, 6.45) is 1.72. The molecule has 1 heterocycles. The fourth-order valence-corrected chi connectivity index (χ4v) is 1.84. The van der Waals surface area contributed by atoms with Gasteiger partial charge in [-0.15, -0.1) is 0 Å². The number of nitrogens with one attached hydrogen (secondary N) is 1. The van der Waals surface area contributed by atoms with Crippen LogP contribution in [0.5, 0.6) is 0 Å². The minimum atomic E-state index is -0.926. The van der Waals surface area contributed by atoms with Gasteiger partial charge in [0.05, 0.1) is 5.56 Å². The molecule has 0 saturated heterocycles. The Kier molecular flexibility index (Phi) is 3.97. The number of likely N-dealkylation sites (N-methyl/N-ethyl adjacent to an activating group) is 1. The molecule has 100 valence electrons. The predicted octanol–water partition coefficient (Wildman–Crippen LogP) is 1.91. The van der Waals surface area contributed by atoms with Crippen LogP contribution in [0, 0.1) is 0 Å². The summed E-state index contributed by atoms with van der Waals surface area (Å²) in [5.41, 5.74) is 0.274. The molecule has 0 radical (unpaired) electrons. The number of carboxylic acids is 1. The highest BCUT2D eigenvalue weighted by molar-refractivity contribution is 5.98. The van der Waals surface area contributed by atoms with Crippen molar-refractivity contribution in [1.82, 2.24) is 9.88 Å². The average molecular weight is 259 g/mol. The fourth-order valence-electron chi connectivity index (χ4n) is 1.84. The number of fused-ring (bicyclic) bond motifs is 1. The van der Waals surface area contributed by atoms with Crippen molar-refractivity contribution in [2.24, 2.45) is 0 Å². The van der Waals surface area contributed by atoms with Gasteiger partial charge in [0.15, 0.2) is 0 Å². The van der Waals surface area contributed by atoms with Gasteiger partial charge in [-0.05, 0) is 37.7 Å². The topological polar surface area (TPSA) is 65.5 Å². The second kappa shape index (κ2) is 5.67. The first-order valence-electron chi connectivity index (χ1n) is 6.08. The SMILES string of the molecule is CN(C)CCNc1nccc2ccc(C(=O)O)cc12. The summed E-state index contributed by atoms with van der Waals surface area (Å²) in [7, 11) is 4.00. The van der Waals surface area contributed by atoms with Crippen molar-refractivity contribution < 1.29 is 9.90 Å². The lowest BCUT2D eigenvalue weighted by Gasteiger charge is -2.12. The van der Waals surface area contributed by atoms with Crippen molar-refractivity contribution in [3.63, 3.8) is 0 Å². The summed E-state index contributed by atoms with van der Waals surface area (Å²) < 4.78 is 0. The zero-order chi connectivity index (χ0) is 13.8. The molecule has 0 unspecified atom stereocenters. The molecule has 0 fully saturated rings. The zero-order valence-corrected chi connectivity index (χ0v) is 11.1. The Hall–Kier alpha value is -2.14. The normalized spacial score (nSPS) is 10.9. The highest BCUT2D eigenvalue weighted by Gasteiger charge is 2.07. The van der Waals surface area contributed by atoms with Gasteiger partial charge >= 0.3 is 5.97 Å². The summed E-state index contributed by atoms with van der Waals surface area (Å²) in [6.45, 7) is 1.65. The summed E-state index contributed by atoms with van der Waals surface area (Å²) in [5.74, 6) is -0.201. The van der Waals surface area contributed by atoms with Crippen LogP contribution in [0.4, 0.5) is 5.82 Å². The van der Waals surface area contributed by atoms with Crippen LogP contribution < -0.4 is 5.32 Å². The van der Waals surface area contributed by atoms with Crippen molar-refractivity contribution in [2.75, 3.05) is 32.5 Å². The maximum absolute atomic E-state index is 11.0. The Morgan fingerprint density at radius 2 is 2.16 bits per heavy atom. The van der Waals surface area contributed by atoms with Crippen LogP contribution in [0.15, 0.2) is 30.5 Å². The zero-order valence-electron chi connectivity index (χ0n) is 11.1. The monoisotopic (exact) mass is 259 g/mol. The van der Waals surface area contributed by atoms with E-state index >= 15 is 0 Å². The molecule has 0 aliphatic heterocycles. The molecule has 0 spiro atoms. The minimum absolute atomic E-state index is 0.274. The molecule has 2 rings (SSSR count). The number of anilines is 1. The van der Waals surface area contributed by atoms with E-state index < -0.39 is 5.97 Å². The predicted molar refractivity (Wildman–Crippen MR) is 75.7 cm³/mol. The number of rotatable bonds is 5. The quantitative estimate of drug-likeness (QED) is 0.858. The second-order valence-electron chi connectivity index (χ2n) is 4.63. The molecule has 2 N–H and O–H groups in total. The third kappa shape index (κ3) is 3.20. The van der Waals surface area contributed by atoms with Gasteiger partial charge in [-0.2, -0.15) is 0 Å². The fraction of sp³-hybridized carbons (Fsp3) is 0.286. The maximum Gasteiger partial charge on any atom is 0.335 e. The first kappa shape index (κ1) is 13.3. The Bertz CT molecular complexity index is 596. The molecule has 1 aromatic heterocycles. The molecule has 5 nitrogen and oxygen atoms in total.